The Morgan fingerprint density at radius 2 is 1.68 bits per heavy atom. The van der Waals surface area contributed by atoms with Gasteiger partial charge in [-0.05, 0) is 54.8 Å². The van der Waals surface area contributed by atoms with Crippen LogP contribution in [0.15, 0.2) is 0 Å². The fraction of sp³-hybridized carbons (Fsp3) is 0.923. The number of aliphatic hydroxyl groups is 1. The molecule has 111 valence electrons. The molecule has 5 nitrogen and oxygen atoms in total. The molecule has 0 saturated carbocycles. The Morgan fingerprint density at radius 1 is 1.16 bits per heavy atom. The first-order valence-corrected chi connectivity index (χ1v) is 6.54. The zero-order valence-corrected chi connectivity index (χ0v) is 13.2. The monoisotopic (exact) mass is 272 g/mol. The van der Waals surface area contributed by atoms with Crippen LogP contribution in [0, 0.1) is 0 Å². The summed E-state index contributed by atoms with van der Waals surface area (Å²) in [6, 6.07) is 0. The molecule has 0 aliphatic heterocycles. The van der Waals surface area contributed by atoms with Crippen LogP contribution in [0.25, 0.3) is 0 Å². The first-order valence-electron chi connectivity index (χ1n) is 6.54. The van der Waals surface area contributed by atoms with Gasteiger partial charge in [-0.1, -0.05) is 0 Å². The van der Waals surface area contributed by atoms with Crippen LogP contribution in [0.1, 0.15) is 48.5 Å². The molecule has 0 fully saturated rings. The van der Waals surface area contributed by atoms with Crippen LogP contribution in [-0.4, -0.2) is 42.0 Å². The third-order valence-electron chi connectivity index (χ3n) is 2.78. The summed E-state index contributed by atoms with van der Waals surface area (Å²) in [5.41, 5.74) is -2.12. The topological polar surface area (TPSA) is 67.8 Å². The SMILES string of the molecule is CC(C)(C)OC(=O)NCC[B]OC(C)(C)C(C)(C)O. The number of rotatable bonds is 6. The molecule has 0 spiro atoms. The van der Waals surface area contributed by atoms with E-state index >= 15 is 0 Å². The van der Waals surface area contributed by atoms with E-state index in [9.17, 15) is 9.90 Å². The third kappa shape index (κ3) is 8.11. The summed E-state index contributed by atoms with van der Waals surface area (Å²) >= 11 is 0. The number of alkyl carbamates (subject to hydrolysis) is 1. The number of carbonyl (C=O) groups is 1. The van der Waals surface area contributed by atoms with E-state index in [-0.39, 0.29) is 0 Å². The van der Waals surface area contributed by atoms with E-state index in [0.29, 0.717) is 12.9 Å². The normalized spacial score (nSPS) is 13.1. The van der Waals surface area contributed by atoms with Crippen molar-refractivity contribution >= 4 is 13.6 Å². The van der Waals surface area contributed by atoms with Crippen molar-refractivity contribution in [2.45, 2.75) is 71.6 Å². The van der Waals surface area contributed by atoms with Crippen LogP contribution in [-0.2, 0) is 9.39 Å². The van der Waals surface area contributed by atoms with Crippen LogP contribution in [0.4, 0.5) is 4.79 Å². The van der Waals surface area contributed by atoms with Crippen molar-refractivity contribution in [1.29, 1.82) is 0 Å². The Balaban J connectivity index is 3.81. The summed E-state index contributed by atoms with van der Waals surface area (Å²) in [6.07, 6.45) is 0.0984. The van der Waals surface area contributed by atoms with Crippen molar-refractivity contribution in [3.8, 4) is 0 Å². The predicted molar refractivity (Wildman–Crippen MR) is 76.3 cm³/mol. The molecule has 2 N–H and O–H groups in total. The Hall–Kier alpha value is -0.745. The molecule has 6 heteroatoms. The van der Waals surface area contributed by atoms with Gasteiger partial charge >= 0.3 is 6.09 Å². The Kier molecular flexibility index (Phi) is 6.35. The van der Waals surface area contributed by atoms with Crippen LogP contribution >= 0.6 is 0 Å². The summed E-state index contributed by atoms with van der Waals surface area (Å²) < 4.78 is 10.6. The lowest BCUT2D eigenvalue weighted by molar-refractivity contribution is -0.0903. The van der Waals surface area contributed by atoms with Gasteiger partial charge in [-0.15, -0.1) is 0 Å². The van der Waals surface area contributed by atoms with Crippen molar-refractivity contribution in [3.05, 3.63) is 0 Å². The second-order valence-electron chi connectivity index (χ2n) is 6.57. The van der Waals surface area contributed by atoms with E-state index in [2.05, 4.69) is 5.32 Å². The molecule has 0 aliphatic rings. The lowest BCUT2D eigenvalue weighted by atomic mass is 9.85. The summed E-state index contributed by atoms with van der Waals surface area (Å²) in [7, 11) is 1.59. The predicted octanol–water partition coefficient (Wildman–Crippen LogP) is 2.11. The van der Waals surface area contributed by atoms with Gasteiger partial charge in [0.15, 0.2) is 0 Å². The second kappa shape index (κ2) is 6.61. The van der Waals surface area contributed by atoms with Gasteiger partial charge in [0, 0.05) is 6.54 Å². The molecule has 0 aliphatic carbocycles. The molecule has 0 aromatic heterocycles. The van der Waals surface area contributed by atoms with Crippen LogP contribution < -0.4 is 5.32 Å². The summed E-state index contributed by atoms with van der Waals surface area (Å²) in [6.45, 7) is 12.9. The Bertz CT molecular complexity index is 292. The lowest BCUT2D eigenvalue weighted by Crippen LogP contribution is -2.48. The highest BCUT2D eigenvalue weighted by Gasteiger charge is 2.35. The van der Waals surface area contributed by atoms with Crippen LogP contribution in [0.5, 0.6) is 0 Å². The van der Waals surface area contributed by atoms with Gasteiger partial charge in [0.25, 0.3) is 7.48 Å². The van der Waals surface area contributed by atoms with Gasteiger partial charge in [-0.25, -0.2) is 4.79 Å². The van der Waals surface area contributed by atoms with Gasteiger partial charge in [0.1, 0.15) is 5.60 Å². The zero-order chi connectivity index (χ0) is 15.3. The molecular weight excluding hydrogens is 245 g/mol. The van der Waals surface area contributed by atoms with E-state index in [0.717, 1.165) is 0 Å². The molecular formula is C13H27BNO4. The van der Waals surface area contributed by atoms with E-state index in [4.69, 9.17) is 9.39 Å². The van der Waals surface area contributed by atoms with E-state index < -0.39 is 22.9 Å². The number of amides is 1. The maximum absolute atomic E-state index is 11.3. The van der Waals surface area contributed by atoms with Gasteiger partial charge in [-0.3, -0.25) is 0 Å². The molecule has 0 aromatic carbocycles. The second-order valence-corrected chi connectivity index (χ2v) is 6.57. The molecule has 19 heavy (non-hydrogen) atoms. The average molecular weight is 272 g/mol. The third-order valence-corrected chi connectivity index (χ3v) is 2.78. The first-order chi connectivity index (χ1) is 8.35. The molecule has 0 aromatic rings. The van der Waals surface area contributed by atoms with E-state index in [1.165, 1.54) is 0 Å². The summed E-state index contributed by atoms with van der Waals surface area (Å²) in [4.78, 5) is 11.3. The van der Waals surface area contributed by atoms with Crippen molar-refractivity contribution in [2.75, 3.05) is 6.54 Å². The highest BCUT2D eigenvalue weighted by Crippen LogP contribution is 2.24. The maximum Gasteiger partial charge on any atom is 0.407 e. The first kappa shape index (κ1) is 18.3. The van der Waals surface area contributed by atoms with Crippen LogP contribution in [0.2, 0.25) is 6.32 Å². The molecule has 0 heterocycles. The van der Waals surface area contributed by atoms with E-state index in [1.807, 2.05) is 34.6 Å². The minimum atomic E-state index is -0.942. The molecule has 1 radical (unpaired) electrons. The van der Waals surface area contributed by atoms with Gasteiger partial charge in [-0.2, -0.15) is 0 Å². The van der Waals surface area contributed by atoms with Gasteiger partial charge in [0.05, 0.1) is 11.2 Å². The molecule has 0 rings (SSSR count). The van der Waals surface area contributed by atoms with Crippen molar-refractivity contribution in [1.82, 2.24) is 5.32 Å². The molecule has 0 saturated heterocycles. The van der Waals surface area contributed by atoms with Crippen molar-refractivity contribution < 1.29 is 19.3 Å². The summed E-state index contributed by atoms with van der Waals surface area (Å²) in [5, 5.41) is 12.5. The Morgan fingerprint density at radius 3 is 2.11 bits per heavy atom. The smallest absolute Gasteiger partial charge is 0.407 e. The number of hydrogen-bond donors (Lipinski definition) is 2. The fourth-order valence-electron chi connectivity index (χ4n) is 0.959. The number of ether oxygens (including phenoxy) is 1. The summed E-state index contributed by atoms with van der Waals surface area (Å²) in [5.74, 6) is 0. The molecule has 1 amide bonds. The number of nitrogens with one attached hydrogen (secondary N) is 1. The number of hydrogen-bond acceptors (Lipinski definition) is 4. The van der Waals surface area contributed by atoms with Gasteiger partial charge < -0.3 is 19.8 Å². The largest absolute Gasteiger partial charge is 0.444 e. The lowest BCUT2D eigenvalue weighted by Gasteiger charge is -2.37. The highest BCUT2D eigenvalue weighted by molar-refractivity contribution is 6.27. The minimum absolute atomic E-state index is 0.427. The van der Waals surface area contributed by atoms with Crippen LogP contribution in [0.3, 0.4) is 0 Å². The average Bonchev–Trinajstić information content (AvgIpc) is 2.11. The van der Waals surface area contributed by atoms with Crippen molar-refractivity contribution in [3.63, 3.8) is 0 Å². The fourth-order valence-corrected chi connectivity index (χ4v) is 0.959. The highest BCUT2D eigenvalue weighted by atomic mass is 16.6. The molecule has 0 unspecified atom stereocenters. The quantitative estimate of drug-likeness (QED) is 0.574. The molecule has 0 bridgehead atoms. The standard InChI is InChI=1S/C13H27BNO4/c1-11(2,3)18-10(16)15-9-8-14-19-13(6,7)12(4,5)17/h17H,8-9H2,1-7H3,(H,15,16). The molecule has 0 atom stereocenters. The van der Waals surface area contributed by atoms with E-state index in [1.54, 1.807) is 21.3 Å². The number of carbonyl (C=O) groups excluding carboxylic acids is 1. The van der Waals surface area contributed by atoms with Crippen molar-refractivity contribution in [2.24, 2.45) is 0 Å². The zero-order valence-electron chi connectivity index (χ0n) is 13.2. The Labute approximate surface area is 117 Å². The minimum Gasteiger partial charge on any atom is -0.444 e. The van der Waals surface area contributed by atoms with Gasteiger partial charge in [0.2, 0.25) is 0 Å². The maximum atomic E-state index is 11.3.